The lowest BCUT2D eigenvalue weighted by Gasteiger charge is -2.20. The largest absolute Gasteiger partial charge is 0.496 e. The van der Waals surface area contributed by atoms with Crippen LogP contribution in [0.4, 0.5) is 5.69 Å². The van der Waals surface area contributed by atoms with Crippen LogP contribution in [0.3, 0.4) is 0 Å². The van der Waals surface area contributed by atoms with Crippen molar-refractivity contribution in [3.8, 4) is 5.75 Å². The number of hydrogen-bond acceptors (Lipinski definition) is 3. The number of carbonyl (C=O) groups is 1. The van der Waals surface area contributed by atoms with Crippen molar-refractivity contribution >= 4 is 11.7 Å². The Morgan fingerprint density at radius 1 is 1.24 bits per heavy atom. The number of aromatic carboxylic acids is 1. The highest BCUT2D eigenvalue weighted by molar-refractivity contribution is 5.91. The molecular weight excluding hydrogens is 266 g/mol. The summed E-state index contributed by atoms with van der Waals surface area (Å²) < 4.78 is 5.15. The summed E-state index contributed by atoms with van der Waals surface area (Å²) in [5.41, 5.74) is 3.51. The molecule has 0 saturated heterocycles. The second-order valence-corrected chi connectivity index (χ2v) is 5.03. The zero-order chi connectivity index (χ0) is 15.4. The van der Waals surface area contributed by atoms with Gasteiger partial charge in [0.1, 0.15) is 11.3 Å². The van der Waals surface area contributed by atoms with Crippen LogP contribution in [0, 0.1) is 6.92 Å². The molecule has 21 heavy (non-hydrogen) atoms. The van der Waals surface area contributed by atoms with Gasteiger partial charge in [0.25, 0.3) is 0 Å². The van der Waals surface area contributed by atoms with E-state index in [4.69, 9.17) is 9.84 Å². The maximum absolute atomic E-state index is 11.1. The number of nitrogens with zero attached hydrogens (tertiary/aromatic N) is 1. The van der Waals surface area contributed by atoms with Gasteiger partial charge in [0.2, 0.25) is 0 Å². The summed E-state index contributed by atoms with van der Waals surface area (Å²) in [6.07, 6.45) is 0. The fourth-order valence-corrected chi connectivity index (χ4v) is 2.24. The lowest BCUT2D eigenvalue weighted by molar-refractivity contribution is 0.0693. The van der Waals surface area contributed by atoms with Crippen LogP contribution >= 0.6 is 0 Å². The molecule has 1 N–H and O–H groups in total. The van der Waals surface area contributed by atoms with Gasteiger partial charge in [-0.2, -0.15) is 0 Å². The molecule has 0 aliphatic carbocycles. The van der Waals surface area contributed by atoms with Crippen LogP contribution < -0.4 is 9.64 Å². The van der Waals surface area contributed by atoms with Gasteiger partial charge < -0.3 is 14.7 Å². The second-order valence-electron chi connectivity index (χ2n) is 5.03. The van der Waals surface area contributed by atoms with E-state index in [1.807, 2.05) is 19.2 Å². The molecule has 0 atom stereocenters. The first-order chi connectivity index (χ1) is 10.0. The normalized spacial score (nSPS) is 10.2. The van der Waals surface area contributed by atoms with Gasteiger partial charge in [0, 0.05) is 19.3 Å². The van der Waals surface area contributed by atoms with Crippen molar-refractivity contribution in [2.45, 2.75) is 13.5 Å². The Morgan fingerprint density at radius 3 is 2.62 bits per heavy atom. The van der Waals surface area contributed by atoms with Crippen LogP contribution in [-0.4, -0.2) is 25.2 Å². The monoisotopic (exact) mass is 285 g/mol. The van der Waals surface area contributed by atoms with E-state index in [1.54, 1.807) is 12.1 Å². The summed E-state index contributed by atoms with van der Waals surface area (Å²) in [6.45, 7) is 2.74. The summed E-state index contributed by atoms with van der Waals surface area (Å²) in [5.74, 6) is -0.594. The fraction of sp³-hybridized carbons (Fsp3) is 0.235. The molecule has 110 valence electrons. The highest BCUT2D eigenvalue weighted by atomic mass is 16.5. The molecule has 4 heteroatoms. The summed E-state index contributed by atoms with van der Waals surface area (Å²) in [4.78, 5) is 13.2. The Balaban J connectivity index is 2.21. The Bertz CT molecular complexity index is 652. The first-order valence-electron chi connectivity index (χ1n) is 6.69. The number of ether oxygens (including phenoxy) is 1. The third-order valence-electron chi connectivity index (χ3n) is 3.36. The number of rotatable bonds is 5. The number of carboxylic acid groups (broad SMARTS) is 1. The average Bonchev–Trinajstić information content (AvgIpc) is 2.46. The zero-order valence-electron chi connectivity index (χ0n) is 12.5. The molecular formula is C17H19NO3. The second kappa shape index (κ2) is 6.31. The molecule has 0 fully saturated rings. The van der Waals surface area contributed by atoms with Crippen LogP contribution in [0.25, 0.3) is 0 Å². The van der Waals surface area contributed by atoms with Crippen molar-refractivity contribution in [2.75, 3.05) is 19.1 Å². The number of anilines is 1. The van der Waals surface area contributed by atoms with Gasteiger partial charge in [0.05, 0.1) is 7.11 Å². The number of benzene rings is 2. The molecule has 2 rings (SSSR count). The molecule has 0 aromatic heterocycles. The van der Waals surface area contributed by atoms with Crippen molar-refractivity contribution in [2.24, 2.45) is 0 Å². The minimum Gasteiger partial charge on any atom is -0.496 e. The van der Waals surface area contributed by atoms with Crippen LogP contribution in [0.5, 0.6) is 5.75 Å². The summed E-state index contributed by atoms with van der Waals surface area (Å²) in [5, 5.41) is 9.09. The number of hydrogen-bond donors (Lipinski definition) is 1. The predicted octanol–water partition coefficient (Wildman–Crippen LogP) is 3.34. The third kappa shape index (κ3) is 3.54. The molecule has 0 aliphatic heterocycles. The quantitative estimate of drug-likeness (QED) is 0.915. The average molecular weight is 285 g/mol. The summed E-state index contributed by atoms with van der Waals surface area (Å²) in [7, 11) is 3.49. The molecule has 0 unspecified atom stereocenters. The Hall–Kier alpha value is -2.49. The Kier molecular flexibility index (Phi) is 4.48. The van der Waals surface area contributed by atoms with Crippen molar-refractivity contribution < 1.29 is 14.6 Å². The minimum absolute atomic E-state index is 0.180. The number of carboxylic acids is 1. The van der Waals surface area contributed by atoms with Crippen LogP contribution in [-0.2, 0) is 6.54 Å². The smallest absolute Gasteiger partial charge is 0.339 e. The SMILES string of the molecule is COc1cc(CN(C)c2cccc(C)c2)ccc1C(=O)O. The fourth-order valence-electron chi connectivity index (χ4n) is 2.24. The summed E-state index contributed by atoms with van der Waals surface area (Å²) >= 11 is 0. The van der Waals surface area contributed by atoms with Gasteiger partial charge in [-0.25, -0.2) is 4.79 Å². The van der Waals surface area contributed by atoms with E-state index in [2.05, 4.69) is 30.0 Å². The van der Waals surface area contributed by atoms with Gasteiger partial charge >= 0.3 is 5.97 Å². The summed E-state index contributed by atoms with van der Waals surface area (Å²) in [6, 6.07) is 13.4. The Labute approximate surface area is 124 Å². The van der Waals surface area contributed by atoms with Crippen LogP contribution in [0.2, 0.25) is 0 Å². The minimum atomic E-state index is -0.981. The maximum Gasteiger partial charge on any atom is 0.339 e. The topological polar surface area (TPSA) is 49.8 Å². The predicted molar refractivity (Wildman–Crippen MR) is 83.2 cm³/mol. The van der Waals surface area contributed by atoms with E-state index in [0.717, 1.165) is 11.3 Å². The zero-order valence-corrected chi connectivity index (χ0v) is 12.5. The molecule has 0 spiro atoms. The van der Waals surface area contributed by atoms with Crippen molar-refractivity contribution in [1.82, 2.24) is 0 Å². The van der Waals surface area contributed by atoms with Gasteiger partial charge in [-0.05, 0) is 42.3 Å². The standard InChI is InChI=1S/C17H19NO3/c1-12-5-4-6-14(9-12)18(2)11-13-7-8-15(17(19)20)16(10-13)21-3/h4-10H,11H2,1-3H3,(H,19,20). The molecule has 0 bridgehead atoms. The highest BCUT2D eigenvalue weighted by Gasteiger charge is 2.12. The van der Waals surface area contributed by atoms with E-state index in [1.165, 1.54) is 12.7 Å². The Morgan fingerprint density at radius 2 is 2.00 bits per heavy atom. The van der Waals surface area contributed by atoms with E-state index in [9.17, 15) is 4.79 Å². The molecule has 0 saturated carbocycles. The molecule has 2 aromatic carbocycles. The molecule has 2 aromatic rings. The first-order valence-corrected chi connectivity index (χ1v) is 6.69. The van der Waals surface area contributed by atoms with E-state index >= 15 is 0 Å². The third-order valence-corrected chi connectivity index (χ3v) is 3.36. The van der Waals surface area contributed by atoms with E-state index in [-0.39, 0.29) is 5.56 Å². The lowest BCUT2D eigenvalue weighted by Crippen LogP contribution is -2.16. The van der Waals surface area contributed by atoms with Crippen LogP contribution in [0.15, 0.2) is 42.5 Å². The molecule has 0 amide bonds. The van der Waals surface area contributed by atoms with Crippen LogP contribution in [0.1, 0.15) is 21.5 Å². The highest BCUT2D eigenvalue weighted by Crippen LogP contribution is 2.23. The van der Waals surface area contributed by atoms with Gasteiger partial charge in [0.15, 0.2) is 0 Å². The molecule has 0 heterocycles. The maximum atomic E-state index is 11.1. The van der Waals surface area contributed by atoms with Crippen molar-refractivity contribution in [3.63, 3.8) is 0 Å². The van der Waals surface area contributed by atoms with Crippen molar-refractivity contribution in [1.29, 1.82) is 0 Å². The molecule has 0 aliphatic rings. The number of methoxy groups -OCH3 is 1. The lowest BCUT2D eigenvalue weighted by atomic mass is 10.1. The van der Waals surface area contributed by atoms with Gasteiger partial charge in [-0.15, -0.1) is 0 Å². The van der Waals surface area contributed by atoms with Gasteiger partial charge in [-0.1, -0.05) is 18.2 Å². The molecule has 4 nitrogen and oxygen atoms in total. The molecule has 0 radical (unpaired) electrons. The van der Waals surface area contributed by atoms with Crippen molar-refractivity contribution in [3.05, 3.63) is 59.2 Å². The number of aryl methyl sites for hydroxylation is 1. The first kappa shape index (κ1) is 14.9. The van der Waals surface area contributed by atoms with Gasteiger partial charge in [-0.3, -0.25) is 0 Å². The van der Waals surface area contributed by atoms with E-state index < -0.39 is 5.97 Å². The van der Waals surface area contributed by atoms with E-state index in [0.29, 0.717) is 12.3 Å².